The van der Waals surface area contributed by atoms with Crippen LogP contribution in [0.25, 0.3) is 0 Å². The van der Waals surface area contributed by atoms with E-state index in [4.69, 9.17) is 0 Å². The fourth-order valence-corrected chi connectivity index (χ4v) is 4.21. The summed E-state index contributed by atoms with van der Waals surface area (Å²) in [4.78, 5) is 2.69. The summed E-state index contributed by atoms with van der Waals surface area (Å²) in [5.74, 6) is 0. The Morgan fingerprint density at radius 1 is 1.47 bits per heavy atom. The lowest BCUT2D eigenvalue weighted by atomic mass is 9.77. The lowest BCUT2D eigenvalue weighted by Gasteiger charge is -2.33. The van der Waals surface area contributed by atoms with E-state index in [-0.39, 0.29) is 0 Å². The molecule has 2 saturated heterocycles. The SMILES string of the molecule is CC1CC2(CCNCC2)CN1Cc1ccsc1. The van der Waals surface area contributed by atoms with Crippen LogP contribution in [0.3, 0.4) is 0 Å². The molecule has 0 radical (unpaired) electrons. The molecule has 2 aliphatic heterocycles. The number of nitrogens with zero attached hydrogens (tertiary/aromatic N) is 1. The molecule has 0 bridgehead atoms. The molecule has 0 aliphatic carbocycles. The Labute approximate surface area is 108 Å². The highest BCUT2D eigenvalue weighted by Crippen LogP contribution is 2.42. The van der Waals surface area contributed by atoms with Gasteiger partial charge in [-0.15, -0.1) is 0 Å². The van der Waals surface area contributed by atoms with Crippen LogP contribution in [0, 0.1) is 5.41 Å². The van der Waals surface area contributed by atoms with Crippen molar-refractivity contribution in [2.24, 2.45) is 5.41 Å². The van der Waals surface area contributed by atoms with Gasteiger partial charge in [0.2, 0.25) is 0 Å². The Morgan fingerprint density at radius 2 is 2.29 bits per heavy atom. The number of rotatable bonds is 2. The highest BCUT2D eigenvalue weighted by Gasteiger charge is 2.42. The molecule has 1 aromatic heterocycles. The summed E-state index contributed by atoms with van der Waals surface area (Å²) >= 11 is 1.81. The first kappa shape index (κ1) is 11.7. The molecule has 2 aliphatic rings. The van der Waals surface area contributed by atoms with Gasteiger partial charge in [0.05, 0.1) is 0 Å². The zero-order chi connectivity index (χ0) is 11.7. The van der Waals surface area contributed by atoms with Crippen molar-refractivity contribution >= 4 is 11.3 Å². The van der Waals surface area contributed by atoms with E-state index in [0.717, 1.165) is 12.6 Å². The highest BCUT2D eigenvalue weighted by atomic mass is 32.1. The number of thiophene rings is 1. The van der Waals surface area contributed by atoms with Gasteiger partial charge in [0.1, 0.15) is 0 Å². The van der Waals surface area contributed by atoms with Crippen molar-refractivity contribution in [3.8, 4) is 0 Å². The average Bonchev–Trinajstić information content (AvgIpc) is 2.91. The van der Waals surface area contributed by atoms with Gasteiger partial charge in [-0.25, -0.2) is 0 Å². The lowest BCUT2D eigenvalue weighted by Crippen LogP contribution is -2.38. The van der Waals surface area contributed by atoms with Crippen LogP contribution in [0.15, 0.2) is 16.8 Å². The number of hydrogen-bond donors (Lipinski definition) is 1. The third-order valence-electron chi connectivity index (χ3n) is 4.52. The van der Waals surface area contributed by atoms with E-state index in [1.807, 2.05) is 11.3 Å². The smallest absolute Gasteiger partial charge is 0.0245 e. The summed E-state index contributed by atoms with van der Waals surface area (Å²) in [6.07, 6.45) is 4.15. The molecule has 17 heavy (non-hydrogen) atoms. The molecule has 3 rings (SSSR count). The molecule has 0 saturated carbocycles. The standard InChI is InChI=1S/C14H22N2S/c1-12-8-14(3-5-15-6-4-14)11-16(12)9-13-2-7-17-10-13/h2,7,10,12,15H,3-6,8-9,11H2,1H3. The van der Waals surface area contributed by atoms with Crippen molar-refractivity contribution in [1.82, 2.24) is 10.2 Å². The van der Waals surface area contributed by atoms with Gasteiger partial charge in [0, 0.05) is 19.1 Å². The normalized spacial score (nSPS) is 28.9. The van der Waals surface area contributed by atoms with Gasteiger partial charge in [0.15, 0.2) is 0 Å². The molecule has 1 atom stereocenters. The number of piperidine rings is 1. The third-order valence-corrected chi connectivity index (χ3v) is 5.25. The summed E-state index contributed by atoms with van der Waals surface area (Å²) in [5.41, 5.74) is 2.12. The number of hydrogen-bond acceptors (Lipinski definition) is 3. The molecule has 3 heteroatoms. The zero-order valence-corrected chi connectivity index (χ0v) is 11.4. The predicted octanol–water partition coefficient (Wildman–Crippen LogP) is 2.71. The summed E-state index contributed by atoms with van der Waals surface area (Å²) < 4.78 is 0. The third kappa shape index (κ3) is 2.42. The van der Waals surface area contributed by atoms with Crippen molar-refractivity contribution < 1.29 is 0 Å². The molecular formula is C14H22N2S. The largest absolute Gasteiger partial charge is 0.317 e. The van der Waals surface area contributed by atoms with E-state index in [2.05, 4.69) is 34.0 Å². The molecule has 1 aromatic rings. The first-order valence-corrected chi connectivity index (χ1v) is 7.68. The molecule has 2 nitrogen and oxygen atoms in total. The number of likely N-dealkylation sites (tertiary alicyclic amines) is 1. The van der Waals surface area contributed by atoms with E-state index in [0.29, 0.717) is 5.41 Å². The van der Waals surface area contributed by atoms with Crippen molar-refractivity contribution in [2.75, 3.05) is 19.6 Å². The lowest BCUT2D eigenvalue weighted by molar-refractivity contribution is 0.190. The van der Waals surface area contributed by atoms with Crippen LogP contribution in [0.4, 0.5) is 0 Å². The molecule has 1 spiro atoms. The summed E-state index contributed by atoms with van der Waals surface area (Å²) in [6, 6.07) is 3.03. The minimum Gasteiger partial charge on any atom is -0.317 e. The van der Waals surface area contributed by atoms with E-state index in [1.54, 1.807) is 0 Å². The Kier molecular flexibility index (Phi) is 3.24. The first-order chi connectivity index (χ1) is 8.27. The minimum atomic E-state index is 0.626. The Bertz CT molecular complexity index is 354. The van der Waals surface area contributed by atoms with Crippen LogP contribution >= 0.6 is 11.3 Å². The van der Waals surface area contributed by atoms with Crippen molar-refractivity contribution in [3.63, 3.8) is 0 Å². The monoisotopic (exact) mass is 250 g/mol. The summed E-state index contributed by atoms with van der Waals surface area (Å²) in [7, 11) is 0. The van der Waals surface area contributed by atoms with Crippen LogP contribution in [0.5, 0.6) is 0 Å². The van der Waals surface area contributed by atoms with Crippen molar-refractivity contribution in [2.45, 2.75) is 38.8 Å². The van der Waals surface area contributed by atoms with E-state index in [9.17, 15) is 0 Å². The summed E-state index contributed by atoms with van der Waals surface area (Å²) in [5, 5.41) is 7.98. The van der Waals surface area contributed by atoms with Gasteiger partial charge in [-0.1, -0.05) is 0 Å². The van der Waals surface area contributed by atoms with Gasteiger partial charge < -0.3 is 5.32 Å². The second-order valence-electron chi connectivity index (χ2n) is 5.84. The van der Waals surface area contributed by atoms with Crippen LogP contribution in [-0.4, -0.2) is 30.6 Å². The maximum Gasteiger partial charge on any atom is 0.0245 e. The maximum absolute atomic E-state index is 3.49. The molecule has 0 aromatic carbocycles. The molecular weight excluding hydrogens is 228 g/mol. The zero-order valence-electron chi connectivity index (χ0n) is 10.6. The van der Waals surface area contributed by atoms with E-state index < -0.39 is 0 Å². The van der Waals surface area contributed by atoms with Gasteiger partial charge in [-0.3, -0.25) is 4.90 Å². The second-order valence-corrected chi connectivity index (χ2v) is 6.62. The fourth-order valence-electron chi connectivity index (χ4n) is 3.56. The molecule has 2 fully saturated rings. The predicted molar refractivity (Wildman–Crippen MR) is 73.3 cm³/mol. The van der Waals surface area contributed by atoms with Gasteiger partial charge in [0.25, 0.3) is 0 Å². The van der Waals surface area contributed by atoms with Crippen LogP contribution in [0.1, 0.15) is 31.7 Å². The Hall–Kier alpha value is -0.380. The molecule has 0 amide bonds. The fraction of sp³-hybridized carbons (Fsp3) is 0.714. The van der Waals surface area contributed by atoms with Crippen molar-refractivity contribution in [3.05, 3.63) is 22.4 Å². The van der Waals surface area contributed by atoms with E-state index >= 15 is 0 Å². The maximum atomic E-state index is 3.49. The van der Waals surface area contributed by atoms with Gasteiger partial charge >= 0.3 is 0 Å². The average molecular weight is 250 g/mol. The van der Waals surface area contributed by atoms with Gasteiger partial charge in [-0.05, 0) is 67.1 Å². The van der Waals surface area contributed by atoms with Crippen LogP contribution < -0.4 is 5.32 Å². The minimum absolute atomic E-state index is 0.626. The Morgan fingerprint density at radius 3 is 3.00 bits per heavy atom. The van der Waals surface area contributed by atoms with E-state index in [1.165, 1.54) is 44.5 Å². The molecule has 3 heterocycles. The van der Waals surface area contributed by atoms with Crippen LogP contribution in [0.2, 0.25) is 0 Å². The topological polar surface area (TPSA) is 15.3 Å². The quantitative estimate of drug-likeness (QED) is 0.868. The van der Waals surface area contributed by atoms with Gasteiger partial charge in [-0.2, -0.15) is 11.3 Å². The molecule has 1 unspecified atom stereocenters. The molecule has 94 valence electrons. The second kappa shape index (κ2) is 4.71. The molecule has 1 N–H and O–H groups in total. The first-order valence-electron chi connectivity index (χ1n) is 6.73. The van der Waals surface area contributed by atoms with Crippen LogP contribution in [-0.2, 0) is 6.54 Å². The highest BCUT2D eigenvalue weighted by molar-refractivity contribution is 7.07. The Balaban J connectivity index is 1.67. The summed E-state index contributed by atoms with van der Waals surface area (Å²) in [6.45, 7) is 7.31. The van der Waals surface area contributed by atoms with Crippen molar-refractivity contribution in [1.29, 1.82) is 0 Å². The number of nitrogens with one attached hydrogen (secondary N) is 1.